The van der Waals surface area contributed by atoms with Crippen LogP contribution in [-0.2, 0) is 12.6 Å². The Bertz CT molecular complexity index is 660. The molecule has 1 aromatic carbocycles. The molecule has 0 aliphatic carbocycles. The monoisotopic (exact) mass is 296 g/mol. The van der Waals surface area contributed by atoms with Gasteiger partial charge in [0.15, 0.2) is 0 Å². The molecule has 2 aromatic rings. The fraction of sp³-hybridized carbons (Fsp3) is 0.438. The van der Waals surface area contributed by atoms with Crippen LogP contribution in [0.3, 0.4) is 0 Å². The van der Waals surface area contributed by atoms with Gasteiger partial charge in [-0.2, -0.15) is 13.2 Å². The molecule has 0 aliphatic rings. The van der Waals surface area contributed by atoms with Gasteiger partial charge in [-0.05, 0) is 49.1 Å². The minimum Gasteiger partial charge on any atom is -0.330 e. The summed E-state index contributed by atoms with van der Waals surface area (Å²) >= 11 is 0. The molecule has 0 bridgehead atoms. The molecule has 1 aromatic heterocycles. The number of nitrogens with zero attached hydrogens (tertiary/aromatic N) is 1. The van der Waals surface area contributed by atoms with Crippen molar-refractivity contribution in [3.05, 3.63) is 41.1 Å². The largest absolute Gasteiger partial charge is 0.416 e. The SMILES string of the molecule is Cc1cc(CC(C)(C)CN)nc2cc(C(F)(F)F)ccc12. The lowest BCUT2D eigenvalue weighted by Gasteiger charge is -2.22. The fourth-order valence-electron chi connectivity index (χ4n) is 2.30. The van der Waals surface area contributed by atoms with Crippen LogP contribution in [0.1, 0.15) is 30.7 Å². The van der Waals surface area contributed by atoms with Gasteiger partial charge >= 0.3 is 6.18 Å². The van der Waals surface area contributed by atoms with E-state index in [1.165, 1.54) is 6.07 Å². The highest BCUT2D eigenvalue weighted by atomic mass is 19.4. The normalized spacial score (nSPS) is 12.9. The molecule has 21 heavy (non-hydrogen) atoms. The predicted octanol–water partition coefficient (Wildman–Crippen LogP) is 4.09. The Morgan fingerprint density at radius 1 is 1.14 bits per heavy atom. The number of halogens is 3. The number of rotatable bonds is 3. The molecular weight excluding hydrogens is 277 g/mol. The van der Waals surface area contributed by atoms with E-state index in [1.807, 2.05) is 26.8 Å². The quantitative estimate of drug-likeness (QED) is 0.926. The van der Waals surface area contributed by atoms with Gasteiger partial charge in [-0.3, -0.25) is 4.98 Å². The molecule has 1 heterocycles. The lowest BCUT2D eigenvalue weighted by atomic mass is 9.87. The fourth-order valence-corrected chi connectivity index (χ4v) is 2.30. The van der Waals surface area contributed by atoms with Gasteiger partial charge in [0, 0.05) is 11.1 Å². The summed E-state index contributed by atoms with van der Waals surface area (Å²) in [6.45, 7) is 6.41. The molecule has 0 spiro atoms. The molecule has 2 nitrogen and oxygen atoms in total. The summed E-state index contributed by atoms with van der Waals surface area (Å²) < 4.78 is 38.4. The predicted molar refractivity (Wildman–Crippen MR) is 78.0 cm³/mol. The zero-order chi connectivity index (χ0) is 15.8. The first-order chi connectivity index (χ1) is 9.62. The van der Waals surface area contributed by atoms with Crippen molar-refractivity contribution in [1.29, 1.82) is 0 Å². The van der Waals surface area contributed by atoms with Gasteiger partial charge in [0.05, 0.1) is 11.1 Å². The molecule has 0 saturated carbocycles. The average molecular weight is 296 g/mol. The molecule has 0 saturated heterocycles. The van der Waals surface area contributed by atoms with Crippen LogP contribution in [0.15, 0.2) is 24.3 Å². The van der Waals surface area contributed by atoms with Gasteiger partial charge in [0.2, 0.25) is 0 Å². The van der Waals surface area contributed by atoms with Crippen molar-refractivity contribution in [2.24, 2.45) is 11.1 Å². The van der Waals surface area contributed by atoms with Crippen LogP contribution in [0.25, 0.3) is 10.9 Å². The summed E-state index contributed by atoms with van der Waals surface area (Å²) in [5.74, 6) is 0. The van der Waals surface area contributed by atoms with Gasteiger partial charge in [-0.15, -0.1) is 0 Å². The third-order valence-corrected chi connectivity index (χ3v) is 3.61. The highest BCUT2D eigenvalue weighted by Crippen LogP contribution is 2.32. The number of aromatic nitrogens is 1. The summed E-state index contributed by atoms with van der Waals surface area (Å²) in [4.78, 5) is 4.39. The van der Waals surface area contributed by atoms with E-state index in [1.54, 1.807) is 0 Å². The first kappa shape index (κ1) is 15.8. The molecule has 0 atom stereocenters. The lowest BCUT2D eigenvalue weighted by Crippen LogP contribution is -2.26. The first-order valence-electron chi connectivity index (χ1n) is 6.80. The van der Waals surface area contributed by atoms with E-state index in [0.717, 1.165) is 28.8 Å². The third-order valence-electron chi connectivity index (χ3n) is 3.61. The maximum Gasteiger partial charge on any atom is 0.416 e. The summed E-state index contributed by atoms with van der Waals surface area (Å²) in [6, 6.07) is 5.62. The second-order valence-electron chi connectivity index (χ2n) is 6.21. The van der Waals surface area contributed by atoms with E-state index in [0.29, 0.717) is 18.5 Å². The highest BCUT2D eigenvalue weighted by Gasteiger charge is 2.30. The van der Waals surface area contributed by atoms with Crippen LogP contribution < -0.4 is 5.73 Å². The van der Waals surface area contributed by atoms with Gasteiger partial charge in [-0.25, -0.2) is 0 Å². The lowest BCUT2D eigenvalue weighted by molar-refractivity contribution is -0.137. The van der Waals surface area contributed by atoms with Gasteiger partial charge < -0.3 is 5.73 Å². The van der Waals surface area contributed by atoms with E-state index in [-0.39, 0.29) is 5.41 Å². The number of nitrogens with two attached hydrogens (primary N) is 1. The first-order valence-corrected chi connectivity index (χ1v) is 6.80. The van der Waals surface area contributed by atoms with Gasteiger partial charge in [0.25, 0.3) is 0 Å². The zero-order valence-corrected chi connectivity index (χ0v) is 12.4. The minimum atomic E-state index is -4.35. The van der Waals surface area contributed by atoms with Gasteiger partial charge in [0.1, 0.15) is 0 Å². The summed E-state index contributed by atoms with van der Waals surface area (Å²) in [5, 5.41) is 0.748. The van der Waals surface area contributed by atoms with Crippen molar-refractivity contribution in [1.82, 2.24) is 4.98 Å². The summed E-state index contributed by atoms with van der Waals surface area (Å²) in [6.07, 6.45) is -3.72. The Morgan fingerprint density at radius 3 is 2.38 bits per heavy atom. The maximum absolute atomic E-state index is 12.8. The van der Waals surface area contributed by atoms with E-state index in [2.05, 4.69) is 4.98 Å². The zero-order valence-electron chi connectivity index (χ0n) is 12.4. The Kier molecular flexibility index (Phi) is 3.97. The van der Waals surface area contributed by atoms with E-state index < -0.39 is 11.7 Å². The summed E-state index contributed by atoms with van der Waals surface area (Å²) in [5.41, 5.74) is 6.99. The molecule has 0 fully saturated rings. The van der Waals surface area contributed by atoms with Crippen LogP contribution in [0.2, 0.25) is 0 Å². The standard InChI is InChI=1S/C16H19F3N2/c1-10-6-12(8-15(2,3)9-20)21-14-7-11(16(17,18)19)4-5-13(10)14/h4-7H,8-9,20H2,1-3H3. The van der Waals surface area contributed by atoms with E-state index in [4.69, 9.17) is 5.73 Å². The third kappa shape index (κ3) is 3.53. The molecule has 0 radical (unpaired) electrons. The Balaban J connectivity index is 2.52. The number of aryl methyl sites for hydroxylation is 1. The molecular formula is C16H19F3N2. The molecule has 0 aliphatic heterocycles. The second-order valence-corrected chi connectivity index (χ2v) is 6.21. The van der Waals surface area contributed by atoms with Gasteiger partial charge in [-0.1, -0.05) is 19.9 Å². The van der Waals surface area contributed by atoms with Crippen molar-refractivity contribution in [3.8, 4) is 0 Å². The topological polar surface area (TPSA) is 38.9 Å². The van der Waals surface area contributed by atoms with Crippen LogP contribution in [0.4, 0.5) is 13.2 Å². The van der Waals surface area contributed by atoms with E-state index in [9.17, 15) is 13.2 Å². The number of hydrogen-bond acceptors (Lipinski definition) is 2. The second kappa shape index (κ2) is 5.30. The van der Waals surface area contributed by atoms with Crippen molar-refractivity contribution in [2.45, 2.75) is 33.4 Å². The Morgan fingerprint density at radius 2 is 1.81 bits per heavy atom. The molecule has 0 unspecified atom stereocenters. The molecule has 5 heteroatoms. The van der Waals surface area contributed by atoms with Crippen LogP contribution in [0.5, 0.6) is 0 Å². The van der Waals surface area contributed by atoms with E-state index >= 15 is 0 Å². The molecule has 2 N–H and O–H groups in total. The summed E-state index contributed by atoms with van der Waals surface area (Å²) in [7, 11) is 0. The number of pyridine rings is 1. The Labute approximate surface area is 122 Å². The smallest absolute Gasteiger partial charge is 0.330 e. The number of benzene rings is 1. The van der Waals surface area contributed by atoms with Crippen molar-refractivity contribution >= 4 is 10.9 Å². The van der Waals surface area contributed by atoms with Crippen LogP contribution >= 0.6 is 0 Å². The number of fused-ring (bicyclic) bond motifs is 1. The van der Waals surface area contributed by atoms with Crippen molar-refractivity contribution in [3.63, 3.8) is 0 Å². The van der Waals surface area contributed by atoms with Crippen molar-refractivity contribution < 1.29 is 13.2 Å². The Hall–Kier alpha value is -1.62. The average Bonchev–Trinajstić information content (AvgIpc) is 2.36. The number of alkyl halides is 3. The van der Waals surface area contributed by atoms with Crippen LogP contribution in [0, 0.1) is 12.3 Å². The molecule has 114 valence electrons. The van der Waals surface area contributed by atoms with Crippen LogP contribution in [-0.4, -0.2) is 11.5 Å². The highest BCUT2D eigenvalue weighted by molar-refractivity contribution is 5.83. The number of hydrogen-bond donors (Lipinski definition) is 1. The minimum absolute atomic E-state index is 0.130. The molecule has 0 amide bonds. The maximum atomic E-state index is 12.8. The molecule has 2 rings (SSSR count). The van der Waals surface area contributed by atoms with Crippen molar-refractivity contribution in [2.75, 3.05) is 6.54 Å².